The molecular formula is C18H20N2. The van der Waals surface area contributed by atoms with Gasteiger partial charge in [0.25, 0.3) is 0 Å². The maximum absolute atomic E-state index is 4.72. The molecule has 0 N–H and O–H groups in total. The number of nitrogens with zero attached hydrogens (tertiary/aromatic N) is 2. The molecule has 0 amide bonds. The van der Waals surface area contributed by atoms with Gasteiger partial charge in [-0.05, 0) is 26.3 Å². The SMILES string of the molecule is C/C(=N\C(=N/C(C)C)c1ccccc1)c1ccccc1. The smallest absolute Gasteiger partial charge is 0.155 e. The van der Waals surface area contributed by atoms with Crippen LogP contribution < -0.4 is 0 Å². The third-order valence-electron chi connectivity index (χ3n) is 2.88. The molecule has 0 saturated heterocycles. The maximum Gasteiger partial charge on any atom is 0.155 e. The van der Waals surface area contributed by atoms with Gasteiger partial charge >= 0.3 is 0 Å². The fraction of sp³-hybridized carbons (Fsp3) is 0.222. The highest BCUT2D eigenvalue weighted by Gasteiger charge is 2.04. The average Bonchev–Trinajstić information content (AvgIpc) is 2.48. The summed E-state index contributed by atoms with van der Waals surface area (Å²) in [6, 6.07) is 20.5. The Morgan fingerprint density at radius 1 is 0.800 bits per heavy atom. The Bertz CT molecular complexity index is 596. The number of hydrogen-bond acceptors (Lipinski definition) is 1. The minimum absolute atomic E-state index is 0.220. The lowest BCUT2D eigenvalue weighted by Gasteiger charge is -2.06. The quantitative estimate of drug-likeness (QED) is 0.581. The second-order valence-corrected chi connectivity index (χ2v) is 4.98. The molecule has 102 valence electrons. The summed E-state index contributed by atoms with van der Waals surface area (Å²) < 4.78 is 0. The van der Waals surface area contributed by atoms with Crippen LogP contribution in [0.5, 0.6) is 0 Å². The number of aliphatic imine (C=N–C) groups is 2. The van der Waals surface area contributed by atoms with Crippen LogP contribution in [-0.4, -0.2) is 17.6 Å². The van der Waals surface area contributed by atoms with E-state index in [9.17, 15) is 0 Å². The van der Waals surface area contributed by atoms with Crippen LogP contribution in [0.25, 0.3) is 0 Å². The molecular weight excluding hydrogens is 244 g/mol. The molecule has 2 aromatic rings. The summed E-state index contributed by atoms with van der Waals surface area (Å²) >= 11 is 0. The predicted molar refractivity (Wildman–Crippen MR) is 86.8 cm³/mol. The molecule has 0 bridgehead atoms. The second-order valence-electron chi connectivity index (χ2n) is 4.98. The molecule has 0 heterocycles. The molecule has 20 heavy (non-hydrogen) atoms. The molecule has 0 atom stereocenters. The van der Waals surface area contributed by atoms with Gasteiger partial charge in [-0.15, -0.1) is 0 Å². The zero-order valence-electron chi connectivity index (χ0n) is 12.2. The molecule has 0 spiro atoms. The van der Waals surface area contributed by atoms with E-state index in [0.717, 1.165) is 22.7 Å². The van der Waals surface area contributed by atoms with E-state index < -0.39 is 0 Å². The Morgan fingerprint density at radius 2 is 1.30 bits per heavy atom. The third kappa shape index (κ3) is 3.89. The first-order chi connectivity index (χ1) is 9.66. The van der Waals surface area contributed by atoms with Crippen LogP contribution in [-0.2, 0) is 0 Å². The van der Waals surface area contributed by atoms with Gasteiger partial charge in [-0.1, -0.05) is 60.7 Å². The molecule has 0 aliphatic carbocycles. The van der Waals surface area contributed by atoms with Crippen molar-refractivity contribution in [1.29, 1.82) is 0 Å². The summed E-state index contributed by atoms with van der Waals surface area (Å²) in [6.07, 6.45) is 0. The average molecular weight is 264 g/mol. The molecule has 2 rings (SSSR count). The molecule has 0 saturated carbocycles. The predicted octanol–water partition coefficient (Wildman–Crippen LogP) is 4.35. The summed E-state index contributed by atoms with van der Waals surface area (Å²) in [5.41, 5.74) is 3.16. The number of benzene rings is 2. The minimum Gasteiger partial charge on any atom is -0.263 e. The molecule has 2 heteroatoms. The van der Waals surface area contributed by atoms with Crippen molar-refractivity contribution in [3.05, 3.63) is 71.8 Å². The summed E-state index contributed by atoms with van der Waals surface area (Å²) in [5.74, 6) is 0.793. The number of hydrogen-bond donors (Lipinski definition) is 0. The van der Waals surface area contributed by atoms with Gasteiger partial charge < -0.3 is 0 Å². The zero-order chi connectivity index (χ0) is 14.4. The summed E-state index contributed by atoms with van der Waals surface area (Å²) in [7, 11) is 0. The monoisotopic (exact) mass is 264 g/mol. The van der Waals surface area contributed by atoms with Crippen molar-refractivity contribution < 1.29 is 0 Å². The Kier molecular flexibility index (Phi) is 4.83. The normalized spacial score (nSPS) is 12.8. The first-order valence-electron chi connectivity index (χ1n) is 6.91. The number of amidine groups is 1. The van der Waals surface area contributed by atoms with Crippen molar-refractivity contribution in [2.45, 2.75) is 26.8 Å². The van der Waals surface area contributed by atoms with Gasteiger partial charge in [0.05, 0.1) is 0 Å². The van der Waals surface area contributed by atoms with Crippen molar-refractivity contribution in [2.75, 3.05) is 0 Å². The van der Waals surface area contributed by atoms with Crippen LogP contribution in [0.15, 0.2) is 70.6 Å². The van der Waals surface area contributed by atoms with E-state index in [4.69, 9.17) is 4.99 Å². The highest BCUT2D eigenvalue weighted by Crippen LogP contribution is 2.08. The van der Waals surface area contributed by atoms with Crippen molar-refractivity contribution in [1.82, 2.24) is 0 Å². The number of rotatable bonds is 3. The maximum atomic E-state index is 4.72. The zero-order valence-corrected chi connectivity index (χ0v) is 12.2. The fourth-order valence-corrected chi connectivity index (χ4v) is 1.90. The Labute approximate surface area is 120 Å². The van der Waals surface area contributed by atoms with E-state index in [1.54, 1.807) is 0 Å². The van der Waals surface area contributed by atoms with Crippen molar-refractivity contribution in [2.24, 2.45) is 9.98 Å². The minimum atomic E-state index is 0.220. The highest BCUT2D eigenvalue weighted by atomic mass is 14.9. The van der Waals surface area contributed by atoms with Crippen LogP contribution in [0.2, 0.25) is 0 Å². The lowest BCUT2D eigenvalue weighted by atomic mass is 10.1. The van der Waals surface area contributed by atoms with Gasteiger partial charge in [-0.2, -0.15) is 0 Å². The van der Waals surface area contributed by atoms with E-state index in [0.29, 0.717) is 0 Å². The highest BCUT2D eigenvalue weighted by molar-refractivity contribution is 6.11. The van der Waals surface area contributed by atoms with Gasteiger partial charge in [-0.3, -0.25) is 4.99 Å². The van der Waals surface area contributed by atoms with Crippen LogP contribution in [0.4, 0.5) is 0 Å². The van der Waals surface area contributed by atoms with E-state index in [2.05, 4.69) is 31.0 Å². The third-order valence-corrected chi connectivity index (χ3v) is 2.88. The second kappa shape index (κ2) is 6.80. The summed E-state index contributed by atoms with van der Waals surface area (Å²) in [4.78, 5) is 9.37. The Morgan fingerprint density at radius 3 is 1.80 bits per heavy atom. The van der Waals surface area contributed by atoms with E-state index in [1.807, 2.05) is 55.5 Å². The van der Waals surface area contributed by atoms with E-state index in [-0.39, 0.29) is 6.04 Å². The van der Waals surface area contributed by atoms with Gasteiger partial charge in [0.1, 0.15) is 0 Å². The van der Waals surface area contributed by atoms with Gasteiger partial charge in [0.15, 0.2) is 5.84 Å². The van der Waals surface area contributed by atoms with E-state index in [1.165, 1.54) is 0 Å². The molecule has 2 aromatic carbocycles. The fourth-order valence-electron chi connectivity index (χ4n) is 1.90. The van der Waals surface area contributed by atoms with E-state index >= 15 is 0 Å². The summed E-state index contributed by atoms with van der Waals surface area (Å²) in [6.45, 7) is 6.15. The first-order valence-corrected chi connectivity index (χ1v) is 6.91. The van der Waals surface area contributed by atoms with Crippen molar-refractivity contribution >= 4 is 11.5 Å². The topological polar surface area (TPSA) is 24.7 Å². The molecule has 0 aliphatic rings. The lowest BCUT2D eigenvalue weighted by molar-refractivity contribution is 0.834. The van der Waals surface area contributed by atoms with Crippen LogP contribution in [0, 0.1) is 0 Å². The molecule has 0 aliphatic heterocycles. The largest absolute Gasteiger partial charge is 0.263 e. The standard InChI is InChI=1S/C18H20N2/c1-14(2)19-18(17-12-8-5-9-13-17)20-15(3)16-10-6-4-7-11-16/h4-14H,1-3H3/b19-18-,20-15+. The van der Waals surface area contributed by atoms with Crippen LogP contribution in [0.3, 0.4) is 0 Å². The van der Waals surface area contributed by atoms with Crippen LogP contribution >= 0.6 is 0 Å². The molecule has 0 radical (unpaired) electrons. The van der Waals surface area contributed by atoms with Crippen molar-refractivity contribution in [3.63, 3.8) is 0 Å². The van der Waals surface area contributed by atoms with Gasteiger partial charge in [-0.25, -0.2) is 4.99 Å². The molecule has 0 fully saturated rings. The van der Waals surface area contributed by atoms with Gasteiger partial charge in [0.2, 0.25) is 0 Å². The molecule has 0 aromatic heterocycles. The first kappa shape index (κ1) is 14.2. The molecule has 2 nitrogen and oxygen atoms in total. The molecule has 0 unspecified atom stereocenters. The van der Waals surface area contributed by atoms with Gasteiger partial charge in [0, 0.05) is 17.3 Å². The van der Waals surface area contributed by atoms with Crippen LogP contribution in [0.1, 0.15) is 31.9 Å². The summed E-state index contributed by atoms with van der Waals surface area (Å²) in [5, 5.41) is 0. The lowest BCUT2D eigenvalue weighted by Crippen LogP contribution is -2.06. The Hall–Kier alpha value is -2.22. The van der Waals surface area contributed by atoms with Crippen molar-refractivity contribution in [3.8, 4) is 0 Å². The Balaban J connectivity index is 2.39.